The summed E-state index contributed by atoms with van der Waals surface area (Å²) in [5.41, 5.74) is 3.58. The summed E-state index contributed by atoms with van der Waals surface area (Å²) in [6.45, 7) is 2.94. The fourth-order valence-electron chi connectivity index (χ4n) is 2.17. The lowest BCUT2D eigenvalue weighted by molar-refractivity contribution is 0.786. The number of aryl methyl sites for hydroxylation is 1. The Morgan fingerprint density at radius 3 is 2.56 bits per heavy atom. The van der Waals surface area contributed by atoms with Crippen molar-refractivity contribution in [3.63, 3.8) is 0 Å². The van der Waals surface area contributed by atoms with Crippen LogP contribution in [0.4, 0.5) is 0 Å². The Morgan fingerprint density at radius 2 is 1.78 bits per heavy atom. The van der Waals surface area contributed by atoms with Gasteiger partial charge in [0.2, 0.25) is 0 Å². The normalized spacial score (nSPS) is 11.0. The second-order valence-electron chi connectivity index (χ2n) is 4.36. The van der Waals surface area contributed by atoms with Crippen molar-refractivity contribution in [2.45, 2.75) is 13.5 Å². The van der Waals surface area contributed by atoms with Crippen LogP contribution in [0.5, 0.6) is 0 Å². The van der Waals surface area contributed by atoms with Gasteiger partial charge in [0.15, 0.2) is 0 Å². The molecule has 0 unspecified atom stereocenters. The summed E-state index contributed by atoms with van der Waals surface area (Å²) >= 11 is 2.33. The second-order valence-corrected chi connectivity index (χ2v) is 5.61. The van der Waals surface area contributed by atoms with E-state index in [2.05, 4.69) is 81.5 Å². The van der Waals surface area contributed by atoms with E-state index in [1.54, 1.807) is 0 Å². The van der Waals surface area contributed by atoms with Gasteiger partial charge in [0, 0.05) is 10.1 Å². The molecule has 3 rings (SSSR count). The van der Waals surface area contributed by atoms with Gasteiger partial charge < -0.3 is 4.57 Å². The quantitative estimate of drug-likeness (QED) is 0.640. The van der Waals surface area contributed by atoms with Gasteiger partial charge in [-0.15, -0.1) is 0 Å². The summed E-state index contributed by atoms with van der Waals surface area (Å²) in [5, 5.41) is 0. The third-order valence-corrected chi connectivity index (χ3v) is 3.82. The smallest absolute Gasteiger partial charge is 0.107 e. The Labute approximate surface area is 120 Å². The molecule has 0 bridgehead atoms. The molecule has 1 aromatic heterocycles. The van der Waals surface area contributed by atoms with Gasteiger partial charge in [-0.25, -0.2) is 4.98 Å². The molecule has 0 aliphatic heterocycles. The Bertz CT molecular complexity index is 683. The Morgan fingerprint density at radius 1 is 1.06 bits per heavy atom. The van der Waals surface area contributed by atoms with Crippen LogP contribution >= 0.6 is 22.6 Å². The molecule has 90 valence electrons. The van der Waals surface area contributed by atoms with Crippen molar-refractivity contribution < 1.29 is 0 Å². The van der Waals surface area contributed by atoms with Gasteiger partial charge in [-0.05, 0) is 59.3 Å². The first-order chi connectivity index (χ1) is 8.74. The highest BCUT2D eigenvalue weighted by molar-refractivity contribution is 14.1. The molecule has 1 heterocycles. The topological polar surface area (TPSA) is 17.8 Å². The van der Waals surface area contributed by atoms with E-state index in [1.807, 2.05) is 6.07 Å². The third kappa shape index (κ3) is 2.14. The summed E-state index contributed by atoms with van der Waals surface area (Å²) in [7, 11) is 0. The largest absolute Gasteiger partial charge is 0.324 e. The molecule has 3 aromatic rings. The molecule has 0 atom stereocenters. The van der Waals surface area contributed by atoms with Crippen molar-refractivity contribution in [1.82, 2.24) is 9.55 Å². The minimum atomic E-state index is 0.878. The second kappa shape index (κ2) is 4.72. The predicted octanol–water partition coefficient (Wildman–Crippen LogP) is 4.00. The van der Waals surface area contributed by atoms with E-state index in [0.29, 0.717) is 0 Å². The summed E-state index contributed by atoms with van der Waals surface area (Å²) in [6.07, 6.45) is 0. The van der Waals surface area contributed by atoms with E-state index in [0.717, 1.165) is 17.9 Å². The highest BCUT2D eigenvalue weighted by atomic mass is 127. The number of benzene rings is 2. The molecule has 0 saturated carbocycles. The average Bonchev–Trinajstić information content (AvgIpc) is 2.69. The van der Waals surface area contributed by atoms with E-state index in [1.165, 1.54) is 14.7 Å². The molecule has 0 amide bonds. The number of fused-ring (bicyclic) bond motifs is 1. The Balaban J connectivity index is 2.04. The number of nitrogens with zero attached hydrogens (tertiary/aromatic N) is 2. The maximum atomic E-state index is 4.59. The molecule has 0 saturated heterocycles. The molecular formula is C15H13IN2. The van der Waals surface area contributed by atoms with Gasteiger partial charge in [0.05, 0.1) is 11.0 Å². The van der Waals surface area contributed by atoms with Gasteiger partial charge in [-0.3, -0.25) is 0 Å². The molecule has 0 fully saturated rings. The van der Waals surface area contributed by atoms with Crippen LogP contribution in [0.1, 0.15) is 11.4 Å². The van der Waals surface area contributed by atoms with Gasteiger partial charge in [0.25, 0.3) is 0 Å². The minimum absolute atomic E-state index is 0.878. The molecule has 0 aliphatic rings. The summed E-state index contributed by atoms with van der Waals surface area (Å²) < 4.78 is 3.53. The number of para-hydroxylation sites is 2. The molecule has 18 heavy (non-hydrogen) atoms. The summed E-state index contributed by atoms with van der Waals surface area (Å²) in [6, 6.07) is 16.9. The Kier molecular flexibility index (Phi) is 3.07. The molecule has 3 heteroatoms. The fourth-order valence-corrected chi connectivity index (χ4v) is 2.53. The van der Waals surface area contributed by atoms with Crippen LogP contribution in [0.3, 0.4) is 0 Å². The van der Waals surface area contributed by atoms with Crippen molar-refractivity contribution in [1.29, 1.82) is 0 Å². The molecule has 2 aromatic carbocycles. The van der Waals surface area contributed by atoms with E-state index >= 15 is 0 Å². The first kappa shape index (κ1) is 11.7. The first-order valence-corrected chi connectivity index (χ1v) is 6.98. The Hall–Kier alpha value is -1.36. The maximum absolute atomic E-state index is 4.59. The van der Waals surface area contributed by atoms with Crippen LogP contribution in [0.15, 0.2) is 48.5 Å². The zero-order valence-electron chi connectivity index (χ0n) is 10.1. The van der Waals surface area contributed by atoms with Crippen LogP contribution in [0, 0.1) is 10.5 Å². The van der Waals surface area contributed by atoms with E-state index < -0.39 is 0 Å². The summed E-state index contributed by atoms with van der Waals surface area (Å²) in [4.78, 5) is 4.59. The van der Waals surface area contributed by atoms with Crippen LogP contribution in [0.2, 0.25) is 0 Å². The maximum Gasteiger partial charge on any atom is 0.107 e. The molecule has 0 N–H and O–H groups in total. The number of aromatic nitrogens is 2. The molecular weight excluding hydrogens is 335 g/mol. The first-order valence-electron chi connectivity index (χ1n) is 5.90. The zero-order chi connectivity index (χ0) is 12.5. The highest BCUT2D eigenvalue weighted by Crippen LogP contribution is 2.17. The molecule has 0 spiro atoms. The van der Waals surface area contributed by atoms with E-state index in [9.17, 15) is 0 Å². The number of rotatable bonds is 2. The molecule has 0 radical (unpaired) electrons. The van der Waals surface area contributed by atoms with E-state index in [-0.39, 0.29) is 0 Å². The average molecular weight is 348 g/mol. The molecule has 0 aliphatic carbocycles. The fraction of sp³-hybridized carbons (Fsp3) is 0.133. The van der Waals surface area contributed by atoms with Crippen molar-refractivity contribution in [3.8, 4) is 0 Å². The van der Waals surface area contributed by atoms with Crippen LogP contribution in [0.25, 0.3) is 11.0 Å². The van der Waals surface area contributed by atoms with Gasteiger partial charge in [-0.1, -0.05) is 24.3 Å². The van der Waals surface area contributed by atoms with Crippen molar-refractivity contribution in [2.75, 3.05) is 0 Å². The van der Waals surface area contributed by atoms with Crippen molar-refractivity contribution in [3.05, 3.63) is 63.5 Å². The van der Waals surface area contributed by atoms with Crippen molar-refractivity contribution >= 4 is 33.6 Å². The highest BCUT2D eigenvalue weighted by Gasteiger charge is 2.06. The van der Waals surface area contributed by atoms with Gasteiger partial charge in [-0.2, -0.15) is 0 Å². The number of imidazole rings is 1. The van der Waals surface area contributed by atoms with Crippen LogP contribution in [-0.2, 0) is 6.54 Å². The standard InChI is InChI=1S/C15H13IN2/c1-11-17-14-4-2-3-5-15(14)18(11)10-12-6-8-13(16)9-7-12/h2-9H,10H2,1H3. The lowest BCUT2D eigenvalue weighted by atomic mass is 10.2. The lowest BCUT2D eigenvalue weighted by Gasteiger charge is -2.07. The zero-order valence-corrected chi connectivity index (χ0v) is 12.3. The van der Waals surface area contributed by atoms with E-state index in [4.69, 9.17) is 0 Å². The lowest BCUT2D eigenvalue weighted by Crippen LogP contribution is -2.01. The van der Waals surface area contributed by atoms with Gasteiger partial charge in [0.1, 0.15) is 5.82 Å². The van der Waals surface area contributed by atoms with Gasteiger partial charge >= 0.3 is 0 Å². The SMILES string of the molecule is Cc1nc2ccccc2n1Cc1ccc(I)cc1. The number of hydrogen-bond donors (Lipinski definition) is 0. The number of halogens is 1. The van der Waals surface area contributed by atoms with Crippen LogP contribution < -0.4 is 0 Å². The third-order valence-electron chi connectivity index (χ3n) is 3.10. The monoisotopic (exact) mass is 348 g/mol. The minimum Gasteiger partial charge on any atom is -0.324 e. The molecule has 2 nitrogen and oxygen atoms in total. The summed E-state index contributed by atoms with van der Waals surface area (Å²) in [5.74, 6) is 1.06. The number of hydrogen-bond acceptors (Lipinski definition) is 1. The predicted molar refractivity (Wildman–Crippen MR) is 82.7 cm³/mol. The van der Waals surface area contributed by atoms with Crippen LogP contribution in [-0.4, -0.2) is 9.55 Å². The van der Waals surface area contributed by atoms with Crippen molar-refractivity contribution in [2.24, 2.45) is 0 Å².